The topological polar surface area (TPSA) is 38.8 Å². The molecule has 1 amide bonds. The number of hydrogen-bond donors (Lipinski definition) is 0. The summed E-state index contributed by atoms with van der Waals surface area (Å²) in [6.45, 7) is 4.35. The van der Waals surface area contributed by atoms with Gasteiger partial charge in [-0.15, -0.1) is 11.6 Å². The molecule has 0 spiro atoms. The highest BCUT2D eigenvalue weighted by Crippen LogP contribution is 2.22. The van der Waals surface area contributed by atoms with Gasteiger partial charge in [0.1, 0.15) is 0 Å². The van der Waals surface area contributed by atoms with Gasteiger partial charge < -0.3 is 14.4 Å². The Balaban J connectivity index is 2.51. The lowest BCUT2D eigenvalue weighted by Gasteiger charge is -2.25. The highest BCUT2D eigenvalue weighted by Gasteiger charge is 2.33. The third-order valence-corrected chi connectivity index (χ3v) is 3.09. The molecule has 1 aliphatic rings. The molecule has 1 aliphatic heterocycles. The van der Waals surface area contributed by atoms with Gasteiger partial charge in [-0.2, -0.15) is 0 Å². The quantitative estimate of drug-likeness (QED) is 0.663. The van der Waals surface area contributed by atoms with Gasteiger partial charge in [0.2, 0.25) is 5.91 Å². The van der Waals surface area contributed by atoms with Crippen molar-refractivity contribution < 1.29 is 14.3 Å². The predicted molar refractivity (Wildman–Crippen MR) is 62.7 cm³/mol. The van der Waals surface area contributed by atoms with Gasteiger partial charge in [0.25, 0.3) is 0 Å². The van der Waals surface area contributed by atoms with Crippen molar-refractivity contribution in [2.75, 3.05) is 39.3 Å². The summed E-state index contributed by atoms with van der Waals surface area (Å²) in [5, 5.41) is 0. The van der Waals surface area contributed by atoms with Crippen LogP contribution in [0.15, 0.2) is 0 Å². The van der Waals surface area contributed by atoms with Crippen LogP contribution in [-0.4, -0.2) is 56.2 Å². The third kappa shape index (κ3) is 3.61. The van der Waals surface area contributed by atoms with Crippen LogP contribution in [0.1, 0.15) is 13.3 Å². The maximum absolute atomic E-state index is 12.2. The van der Waals surface area contributed by atoms with Crippen molar-refractivity contribution in [2.24, 2.45) is 5.92 Å². The van der Waals surface area contributed by atoms with Crippen molar-refractivity contribution in [3.63, 3.8) is 0 Å². The third-order valence-electron chi connectivity index (χ3n) is 2.92. The van der Waals surface area contributed by atoms with Crippen LogP contribution in [0.4, 0.5) is 0 Å². The van der Waals surface area contributed by atoms with Gasteiger partial charge in [-0.3, -0.25) is 4.79 Å². The molecule has 1 heterocycles. The first kappa shape index (κ1) is 13.7. The largest absolute Gasteiger partial charge is 0.383 e. The number of methoxy groups -OCH3 is 1. The molecule has 0 aliphatic carbocycles. The molecular formula is C11H20ClNO3. The van der Waals surface area contributed by atoms with Gasteiger partial charge in [0, 0.05) is 32.7 Å². The molecule has 0 radical (unpaired) electrons. The van der Waals surface area contributed by atoms with E-state index in [0.717, 1.165) is 6.42 Å². The molecule has 0 N–H and O–H groups in total. The second-order valence-corrected chi connectivity index (χ2v) is 4.36. The number of alkyl halides is 1. The first-order valence-electron chi connectivity index (χ1n) is 5.66. The first-order valence-corrected chi connectivity index (χ1v) is 6.19. The van der Waals surface area contributed by atoms with Gasteiger partial charge in [0.05, 0.1) is 18.6 Å². The second kappa shape index (κ2) is 7.09. The first-order chi connectivity index (χ1) is 7.70. The molecule has 0 aromatic carbocycles. The van der Waals surface area contributed by atoms with E-state index >= 15 is 0 Å². The fourth-order valence-corrected chi connectivity index (χ4v) is 2.13. The highest BCUT2D eigenvalue weighted by atomic mass is 35.5. The van der Waals surface area contributed by atoms with Crippen molar-refractivity contribution in [2.45, 2.75) is 19.4 Å². The van der Waals surface area contributed by atoms with Crippen LogP contribution in [0, 0.1) is 5.92 Å². The molecule has 1 fully saturated rings. The smallest absolute Gasteiger partial charge is 0.228 e. The van der Waals surface area contributed by atoms with Crippen LogP contribution in [0.5, 0.6) is 0 Å². The summed E-state index contributed by atoms with van der Waals surface area (Å²) in [4.78, 5) is 14.0. The van der Waals surface area contributed by atoms with Crippen molar-refractivity contribution in [1.29, 1.82) is 0 Å². The number of carbonyl (C=O) groups is 1. The van der Waals surface area contributed by atoms with E-state index in [0.29, 0.717) is 32.2 Å². The molecular weight excluding hydrogens is 230 g/mol. The minimum absolute atomic E-state index is 0.0138. The van der Waals surface area contributed by atoms with E-state index < -0.39 is 0 Å². The fraction of sp³-hybridized carbons (Fsp3) is 0.909. The molecule has 5 heteroatoms. The normalized spacial score (nSPS) is 24.7. The lowest BCUT2D eigenvalue weighted by Crippen LogP contribution is -2.41. The van der Waals surface area contributed by atoms with E-state index in [1.54, 1.807) is 12.0 Å². The van der Waals surface area contributed by atoms with E-state index in [9.17, 15) is 4.79 Å². The van der Waals surface area contributed by atoms with Crippen molar-refractivity contribution in [3.8, 4) is 0 Å². The van der Waals surface area contributed by atoms with Crippen LogP contribution in [0.3, 0.4) is 0 Å². The van der Waals surface area contributed by atoms with Gasteiger partial charge >= 0.3 is 0 Å². The Morgan fingerprint density at radius 3 is 2.81 bits per heavy atom. The Bertz CT molecular complexity index is 225. The number of nitrogens with zero attached hydrogens (tertiary/aromatic N) is 1. The van der Waals surface area contributed by atoms with Gasteiger partial charge in [-0.1, -0.05) is 0 Å². The minimum atomic E-state index is -0.0138. The number of ether oxygens (including phenoxy) is 2. The molecule has 2 unspecified atom stereocenters. The predicted octanol–water partition coefficient (Wildman–Crippen LogP) is 1.13. The molecule has 4 nitrogen and oxygen atoms in total. The minimum Gasteiger partial charge on any atom is -0.383 e. The van der Waals surface area contributed by atoms with Crippen molar-refractivity contribution in [3.05, 3.63) is 0 Å². The summed E-state index contributed by atoms with van der Waals surface area (Å²) >= 11 is 5.70. The number of hydrogen-bond acceptors (Lipinski definition) is 3. The fourth-order valence-electron chi connectivity index (χ4n) is 1.93. The summed E-state index contributed by atoms with van der Waals surface area (Å²) in [6, 6.07) is 0. The van der Waals surface area contributed by atoms with Crippen LogP contribution in [0.2, 0.25) is 0 Å². The molecule has 0 bridgehead atoms. The molecule has 0 saturated carbocycles. The standard InChI is InChI=1S/C11H20ClNO3/c1-9-10(3-7-16-9)11(14)13(5-4-12)6-8-15-2/h9-10H,3-8H2,1-2H3. The van der Waals surface area contributed by atoms with Crippen LogP contribution >= 0.6 is 11.6 Å². The Labute approximate surface area is 102 Å². The lowest BCUT2D eigenvalue weighted by atomic mass is 10.0. The highest BCUT2D eigenvalue weighted by molar-refractivity contribution is 6.18. The van der Waals surface area contributed by atoms with Crippen LogP contribution in [0.25, 0.3) is 0 Å². The number of amides is 1. The average molecular weight is 250 g/mol. The van der Waals surface area contributed by atoms with Crippen molar-refractivity contribution >= 4 is 17.5 Å². The van der Waals surface area contributed by atoms with Gasteiger partial charge in [0.15, 0.2) is 0 Å². The summed E-state index contributed by atoms with van der Waals surface area (Å²) in [5.74, 6) is 0.583. The molecule has 1 rings (SSSR count). The molecule has 1 saturated heterocycles. The van der Waals surface area contributed by atoms with Crippen LogP contribution in [-0.2, 0) is 14.3 Å². The zero-order chi connectivity index (χ0) is 12.0. The van der Waals surface area contributed by atoms with E-state index in [1.165, 1.54) is 0 Å². The summed E-state index contributed by atoms with van der Waals surface area (Å²) in [6.07, 6.45) is 0.832. The maximum atomic E-state index is 12.2. The molecule has 0 aromatic rings. The van der Waals surface area contributed by atoms with Crippen molar-refractivity contribution in [1.82, 2.24) is 4.90 Å². The van der Waals surface area contributed by atoms with E-state index in [1.807, 2.05) is 6.92 Å². The van der Waals surface area contributed by atoms with E-state index in [4.69, 9.17) is 21.1 Å². The van der Waals surface area contributed by atoms with Gasteiger partial charge in [-0.25, -0.2) is 0 Å². The second-order valence-electron chi connectivity index (χ2n) is 3.98. The molecule has 16 heavy (non-hydrogen) atoms. The molecule has 94 valence electrons. The number of halogens is 1. The maximum Gasteiger partial charge on any atom is 0.228 e. The summed E-state index contributed by atoms with van der Waals surface area (Å²) < 4.78 is 10.4. The monoisotopic (exact) mass is 249 g/mol. The summed E-state index contributed by atoms with van der Waals surface area (Å²) in [5.41, 5.74) is 0. The SMILES string of the molecule is COCCN(CCCl)C(=O)C1CCOC1C. The van der Waals surface area contributed by atoms with E-state index in [2.05, 4.69) is 0 Å². The Hall–Kier alpha value is -0.320. The lowest BCUT2D eigenvalue weighted by molar-refractivity contribution is -0.137. The zero-order valence-corrected chi connectivity index (χ0v) is 10.7. The number of rotatable bonds is 6. The Morgan fingerprint density at radius 2 is 2.31 bits per heavy atom. The Morgan fingerprint density at radius 1 is 1.56 bits per heavy atom. The average Bonchev–Trinajstić information content (AvgIpc) is 2.69. The van der Waals surface area contributed by atoms with Gasteiger partial charge in [-0.05, 0) is 13.3 Å². The zero-order valence-electron chi connectivity index (χ0n) is 9.95. The molecule has 2 atom stereocenters. The Kier molecular flexibility index (Phi) is 6.09. The molecule has 0 aromatic heterocycles. The number of carbonyl (C=O) groups excluding carboxylic acids is 1. The van der Waals surface area contributed by atoms with Crippen LogP contribution < -0.4 is 0 Å². The summed E-state index contributed by atoms with van der Waals surface area (Å²) in [7, 11) is 1.63. The van der Waals surface area contributed by atoms with E-state index in [-0.39, 0.29) is 17.9 Å².